The van der Waals surface area contributed by atoms with Crippen molar-refractivity contribution < 1.29 is 14.3 Å². The van der Waals surface area contributed by atoms with Crippen LogP contribution in [0.15, 0.2) is 84.2 Å². The first-order valence-electron chi connectivity index (χ1n) is 9.30. The number of anilines is 1. The van der Waals surface area contributed by atoms with Crippen molar-refractivity contribution in [1.82, 2.24) is 4.98 Å². The number of esters is 1. The molecule has 5 nitrogen and oxygen atoms in total. The Hall–Kier alpha value is -3.77. The molecular formula is C24H18N2O3S. The molecule has 0 spiro atoms. The highest BCUT2D eigenvalue weighted by Gasteiger charge is 2.09. The highest BCUT2D eigenvalue weighted by Crippen LogP contribution is 2.29. The van der Waals surface area contributed by atoms with E-state index in [9.17, 15) is 9.59 Å². The molecule has 6 heteroatoms. The Bertz CT molecular complexity index is 1170. The number of amides is 1. The van der Waals surface area contributed by atoms with E-state index < -0.39 is 5.97 Å². The molecule has 148 valence electrons. The molecule has 4 rings (SSSR count). The number of nitrogens with zero attached hydrogens (tertiary/aromatic N) is 1. The van der Waals surface area contributed by atoms with Crippen molar-refractivity contribution >= 4 is 28.9 Å². The molecule has 1 aromatic heterocycles. The van der Waals surface area contributed by atoms with Crippen LogP contribution < -0.4 is 10.1 Å². The molecule has 0 bridgehead atoms. The topological polar surface area (TPSA) is 68.3 Å². The zero-order chi connectivity index (χ0) is 20.9. The Morgan fingerprint density at radius 3 is 2.23 bits per heavy atom. The van der Waals surface area contributed by atoms with Crippen LogP contribution in [0.1, 0.15) is 17.3 Å². The van der Waals surface area contributed by atoms with Gasteiger partial charge >= 0.3 is 5.97 Å². The summed E-state index contributed by atoms with van der Waals surface area (Å²) in [4.78, 5) is 28.1. The van der Waals surface area contributed by atoms with Gasteiger partial charge in [0.1, 0.15) is 10.8 Å². The summed E-state index contributed by atoms with van der Waals surface area (Å²) in [5, 5.41) is 5.86. The number of rotatable bonds is 5. The monoisotopic (exact) mass is 414 g/mol. The first-order chi connectivity index (χ1) is 14.6. The lowest BCUT2D eigenvalue weighted by Crippen LogP contribution is -2.11. The molecule has 0 aliphatic rings. The van der Waals surface area contributed by atoms with Crippen molar-refractivity contribution in [3.63, 3.8) is 0 Å². The number of nitrogens with one attached hydrogen (secondary N) is 1. The predicted octanol–water partition coefficient (Wildman–Crippen LogP) is 5.65. The zero-order valence-electron chi connectivity index (χ0n) is 16.2. The number of benzene rings is 3. The van der Waals surface area contributed by atoms with E-state index in [0.717, 1.165) is 21.8 Å². The molecular weight excluding hydrogens is 396 g/mol. The molecule has 1 N–H and O–H groups in total. The molecule has 0 saturated heterocycles. The molecule has 30 heavy (non-hydrogen) atoms. The summed E-state index contributed by atoms with van der Waals surface area (Å²) in [6, 6.07) is 24.0. The van der Waals surface area contributed by atoms with Gasteiger partial charge in [0.05, 0.1) is 5.69 Å². The van der Waals surface area contributed by atoms with Gasteiger partial charge in [-0.05, 0) is 36.4 Å². The number of carbonyl (C=O) groups is 2. The Morgan fingerprint density at radius 1 is 0.867 bits per heavy atom. The summed E-state index contributed by atoms with van der Waals surface area (Å²) in [6.07, 6.45) is 0. The first kappa shape index (κ1) is 19.5. The minimum atomic E-state index is -0.400. The number of hydrogen-bond acceptors (Lipinski definition) is 5. The third-order valence-electron chi connectivity index (χ3n) is 4.34. The van der Waals surface area contributed by atoms with Crippen LogP contribution >= 0.6 is 11.3 Å². The van der Waals surface area contributed by atoms with Gasteiger partial charge in [0, 0.05) is 34.7 Å². The second-order valence-electron chi connectivity index (χ2n) is 6.55. The van der Waals surface area contributed by atoms with Gasteiger partial charge in [-0.25, -0.2) is 4.98 Å². The molecule has 0 radical (unpaired) electrons. The lowest BCUT2D eigenvalue weighted by Gasteiger charge is -2.07. The van der Waals surface area contributed by atoms with Crippen molar-refractivity contribution in [3.8, 4) is 27.6 Å². The fourth-order valence-electron chi connectivity index (χ4n) is 2.89. The lowest BCUT2D eigenvalue weighted by atomic mass is 10.1. The highest BCUT2D eigenvalue weighted by atomic mass is 32.1. The SMILES string of the molecule is CC(=O)Oc1ccc(C(=O)Nc2ccc(-c3csc(-c4ccccc4)n3)cc2)cc1. The van der Waals surface area contributed by atoms with E-state index in [2.05, 4.69) is 5.32 Å². The van der Waals surface area contributed by atoms with Crippen LogP contribution in [-0.4, -0.2) is 16.9 Å². The van der Waals surface area contributed by atoms with Gasteiger partial charge in [-0.2, -0.15) is 0 Å². The second-order valence-corrected chi connectivity index (χ2v) is 7.41. The summed E-state index contributed by atoms with van der Waals surface area (Å²) in [7, 11) is 0. The van der Waals surface area contributed by atoms with Gasteiger partial charge < -0.3 is 10.1 Å². The Labute approximate surface area is 178 Å². The zero-order valence-corrected chi connectivity index (χ0v) is 17.0. The summed E-state index contributed by atoms with van der Waals surface area (Å²) in [5.41, 5.74) is 4.14. The van der Waals surface area contributed by atoms with E-state index in [-0.39, 0.29) is 5.91 Å². The van der Waals surface area contributed by atoms with Gasteiger partial charge in [-0.1, -0.05) is 42.5 Å². The number of aromatic nitrogens is 1. The third kappa shape index (κ3) is 4.61. The Morgan fingerprint density at radius 2 is 1.57 bits per heavy atom. The molecule has 0 fully saturated rings. The van der Waals surface area contributed by atoms with Gasteiger partial charge in [0.2, 0.25) is 0 Å². The Balaban J connectivity index is 1.43. The maximum Gasteiger partial charge on any atom is 0.308 e. The largest absolute Gasteiger partial charge is 0.427 e. The van der Waals surface area contributed by atoms with Crippen LogP contribution in [0.4, 0.5) is 5.69 Å². The summed E-state index contributed by atoms with van der Waals surface area (Å²) >= 11 is 1.60. The van der Waals surface area contributed by atoms with Gasteiger partial charge in [0.25, 0.3) is 5.91 Å². The predicted molar refractivity (Wildman–Crippen MR) is 119 cm³/mol. The smallest absolute Gasteiger partial charge is 0.308 e. The van der Waals surface area contributed by atoms with Crippen LogP contribution in [0.3, 0.4) is 0 Å². The average Bonchev–Trinajstić information content (AvgIpc) is 3.25. The van der Waals surface area contributed by atoms with E-state index in [4.69, 9.17) is 9.72 Å². The van der Waals surface area contributed by atoms with E-state index in [1.54, 1.807) is 35.6 Å². The van der Waals surface area contributed by atoms with Gasteiger partial charge in [0.15, 0.2) is 0 Å². The molecule has 0 aliphatic heterocycles. The number of carbonyl (C=O) groups excluding carboxylic acids is 2. The summed E-state index contributed by atoms with van der Waals surface area (Å²) in [6.45, 7) is 1.33. The van der Waals surface area contributed by atoms with Crippen LogP contribution in [0.5, 0.6) is 5.75 Å². The number of hydrogen-bond donors (Lipinski definition) is 1. The minimum absolute atomic E-state index is 0.239. The maximum atomic E-state index is 12.4. The van der Waals surface area contributed by atoms with Crippen LogP contribution in [-0.2, 0) is 4.79 Å². The van der Waals surface area contributed by atoms with E-state index in [1.807, 2.05) is 60.0 Å². The maximum absolute atomic E-state index is 12.4. The highest BCUT2D eigenvalue weighted by molar-refractivity contribution is 7.13. The molecule has 0 aliphatic carbocycles. The molecule has 0 atom stereocenters. The van der Waals surface area contributed by atoms with E-state index in [1.165, 1.54) is 6.92 Å². The molecule has 0 saturated carbocycles. The second kappa shape index (κ2) is 8.71. The average molecular weight is 414 g/mol. The summed E-state index contributed by atoms with van der Waals surface area (Å²) in [5.74, 6) is -0.234. The molecule has 3 aromatic carbocycles. The number of ether oxygens (including phenoxy) is 1. The standard InChI is InChI=1S/C24H18N2O3S/c1-16(27)29-21-13-9-18(10-14-21)23(28)25-20-11-7-17(8-12-20)22-15-30-24(26-22)19-5-3-2-4-6-19/h2-15H,1H3,(H,25,28). The van der Waals surface area contributed by atoms with Crippen molar-refractivity contribution in [3.05, 3.63) is 89.8 Å². The van der Waals surface area contributed by atoms with Crippen molar-refractivity contribution in [2.75, 3.05) is 5.32 Å². The Kier molecular flexibility index (Phi) is 5.68. The molecule has 1 heterocycles. The van der Waals surface area contributed by atoms with Gasteiger partial charge in [-0.15, -0.1) is 11.3 Å². The lowest BCUT2D eigenvalue weighted by molar-refractivity contribution is -0.131. The van der Waals surface area contributed by atoms with Crippen molar-refractivity contribution in [1.29, 1.82) is 0 Å². The quantitative estimate of drug-likeness (QED) is 0.338. The molecule has 1 amide bonds. The van der Waals surface area contributed by atoms with Crippen LogP contribution in [0.25, 0.3) is 21.8 Å². The molecule has 0 unspecified atom stereocenters. The molecule has 4 aromatic rings. The normalized spacial score (nSPS) is 10.4. The van der Waals surface area contributed by atoms with E-state index >= 15 is 0 Å². The van der Waals surface area contributed by atoms with E-state index in [0.29, 0.717) is 17.0 Å². The van der Waals surface area contributed by atoms with Crippen LogP contribution in [0.2, 0.25) is 0 Å². The third-order valence-corrected chi connectivity index (χ3v) is 5.23. The van der Waals surface area contributed by atoms with Crippen LogP contribution in [0, 0.1) is 0 Å². The van der Waals surface area contributed by atoms with Crippen molar-refractivity contribution in [2.45, 2.75) is 6.92 Å². The minimum Gasteiger partial charge on any atom is -0.427 e. The van der Waals surface area contributed by atoms with Crippen molar-refractivity contribution in [2.24, 2.45) is 0 Å². The fraction of sp³-hybridized carbons (Fsp3) is 0.0417. The van der Waals surface area contributed by atoms with Gasteiger partial charge in [-0.3, -0.25) is 9.59 Å². The summed E-state index contributed by atoms with van der Waals surface area (Å²) < 4.78 is 4.98. The first-order valence-corrected chi connectivity index (χ1v) is 10.2. The number of thiazole rings is 1. The fourth-order valence-corrected chi connectivity index (χ4v) is 3.72.